The highest BCUT2D eigenvalue weighted by molar-refractivity contribution is 5.94. The molecule has 0 radical (unpaired) electrons. The maximum atomic E-state index is 12.4. The van der Waals surface area contributed by atoms with Gasteiger partial charge in [-0.25, -0.2) is 0 Å². The summed E-state index contributed by atoms with van der Waals surface area (Å²) in [6.45, 7) is 2.65. The van der Waals surface area contributed by atoms with Crippen LogP contribution in [0.1, 0.15) is 42.1 Å². The monoisotopic (exact) mass is 271 g/mol. The number of halogens is 3. The van der Waals surface area contributed by atoms with Crippen LogP contribution in [0.25, 0.3) is 0 Å². The van der Waals surface area contributed by atoms with Gasteiger partial charge in [0, 0.05) is 18.2 Å². The van der Waals surface area contributed by atoms with Crippen LogP contribution >= 0.6 is 0 Å². The van der Waals surface area contributed by atoms with Crippen molar-refractivity contribution in [2.75, 3.05) is 6.54 Å². The van der Waals surface area contributed by atoms with Crippen molar-refractivity contribution in [3.05, 3.63) is 35.4 Å². The first-order valence-electron chi connectivity index (χ1n) is 6.38. The van der Waals surface area contributed by atoms with Crippen LogP contribution in [0, 0.1) is 0 Å². The molecule has 1 heterocycles. The van der Waals surface area contributed by atoms with Gasteiger partial charge in [-0.3, -0.25) is 4.79 Å². The minimum atomic E-state index is -4.36. The minimum absolute atomic E-state index is 0.156. The molecule has 1 saturated heterocycles. The number of likely N-dealkylation sites (tertiary alicyclic amines) is 1. The summed E-state index contributed by atoms with van der Waals surface area (Å²) in [5.74, 6) is -0.180. The van der Waals surface area contributed by atoms with E-state index in [-0.39, 0.29) is 11.9 Å². The number of carbonyl (C=O) groups excluding carboxylic acids is 1. The molecule has 1 aromatic carbocycles. The fourth-order valence-electron chi connectivity index (χ4n) is 2.37. The highest BCUT2D eigenvalue weighted by Gasteiger charge is 2.31. The Labute approximate surface area is 110 Å². The van der Waals surface area contributed by atoms with Crippen LogP contribution < -0.4 is 0 Å². The average Bonchev–Trinajstić information content (AvgIpc) is 2.38. The Morgan fingerprint density at radius 1 is 1.21 bits per heavy atom. The zero-order valence-electron chi connectivity index (χ0n) is 10.7. The van der Waals surface area contributed by atoms with E-state index in [1.807, 2.05) is 6.92 Å². The molecule has 1 amide bonds. The molecule has 0 spiro atoms. The Bertz CT molecular complexity index is 453. The molecular formula is C14H16F3NO. The quantitative estimate of drug-likeness (QED) is 0.762. The number of alkyl halides is 3. The molecule has 0 N–H and O–H groups in total. The van der Waals surface area contributed by atoms with Crippen LogP contribution in [0.2, 0.25) is 0 Å². The number of carbonyl (C=O) groups is 1. The second kappa shape index (κ2) is 5.23. The fourth-order valence-corrected chi connectivity index (χ4v) is 2.37. The number of piperidine rings is 1. The minimum Gasteiger partial charge on any atom is -0.336 e. The van der Waals surface area contributed by atoms with Gasteiger partial charge in [-0.1, -0.05) is 0 Å². The van der Waals surface area contributed by atoms with Crippen LogP contribution in [-0.4, -0.2) is 23.4 Å². The zero-order valence-corrected chi connectivity index (χ0v) is 10.7. The van der Waals surface area contributed by atoms with Crippen molar-refractivity contribution in [1.29, 1.82) is 0 Å². The van der Waals surface area contributed by atoms with Crippen LogP contribution in [0.4, 0.5) is 13.2 Å². The number of hydrogen-bond donors (Lipinski definition) is 0. The van der Waals surface area contributed by atoms with Crippen molar-refractivity contribution in [1.82, 2.24) is 4.90 Å². The zero-order chi connectivity index (χ0) is 14.0. The highest BCUT2D eigenvalue weighted by atomic mass is 19.4. The topological polar surface area (TPSA) is 20.3 Å². The van der Waals surface area contributed by atoms with E-state index in [2.05, 4.69) is 0 Å². The van der Waals surface area contributed by atoms with Gasteiger partial charge in [0.05, 0.1) is 5.56 Å². The molecule has 2 nitrogen and oxygen atoms in total. The van der Waals surface area contributed by atoms with Gasteiger partial charge in [0.2, 0.25) is 0 Å². The SMILES string of the molecule is CC1CCCCN1C(=O)c1ccc(C(F)(F)F)cc1. The van der Waals surface area contributed by atoms with Gasteiger partial charge >= 0.3 is 6.18 Å². The van der Waals surface area contributed by atoms with E-state index in [0.717, 1.165) is 31.4 Å². The predicted molar refractivity (Wildman–Crippen MR) is 65.8 cm³/mol. The molecular weight excluding hydrogens is 255 g/mol. The molecule has 1 aromatic rings. The maximum absolute atomic E-state index is 12.4. The molecule has 5 heteroatoms. The van der Waals surface area contributed by atoms with Crippen molar-refractivity contribution >= 4 is 5.91 Å². The van der Waals surface area contributed by atoms with Crippen molar-refractivity contribution in [2.24, 2.45) is 0 Å². The standard InChI is InChI=1S/C14H16F3NO/c1-10-4-2-3-9-18(10)13(19)11-5-7-12(8-6-11)14(15,16)17/h5-8,10H,2-4,9H2,1H3. The van der Waals surface area contributed by atoms with E-state index in [0.29, 0.717) is 12.1 Å². The lowest BCUT2D eigenvalue weighted by Crippen LogP contribution is -2.42. The number of hydrogen-bond acceptors (Lipinski definition) is 1. The maximum Gasteiger partial charge on any atom is 0.416 e. The normalized spacial score (nSPS) is 20.4. The molecule has 1 unspecified atom stereocenters. The number of benzene rings is 1. The lowest BCUT2D eigenvalue weighted by molar-refractivity contribution is -0.137. The second-order valence-corrected chi connectivity index (χ2v) is 4.92. The van der Waals surface area contributed by atoms with Crippen LogP contribution in [0.15, 0.2) is 24.3 Å². The van der Waals surface area contributed by atoms with E-state index in [9.17, 15) is 18.0 Å². The van der Waals surface area contributed by atoms with E-state index in [4.69, 9.17) is 0 Å². The summed E-state index contributed by atoms with van der Waals surface area (Å²) in [6.07, 6.45) is -1.36. The van der Waals surface area contributed by atoms with Gasteiger partial charge in [-0.05, 0) is 50.5 Å². The molecule has 19 heavy (non-hydrogen) atoms. The third-order valence-electron chi connectivity index (χ3n) is 3.52. The summed E-state index contributed by atoms with van der Waals surface area (Å²) in [5, 5.41) is 0. The molecule has 0 bridgehead atoms. The summed E-state index contributed by atoms with van der Waals surface area (Å²) < 4.78 is 37.3. The first-order valence-corrected chi connectivity index (χ1v) is 6.38. The molecule has 0 aromatic heterocycles. The first kappa shape index (κ1) is 13.9. The lowest BCUT2D eigenvalue weighted by Gasteiger charge is -2.33. The van der Waals surface area contributed by atoms with Crippen molar-refractivity contribution in [3.63, 3.8) is 0 Å². The van der Waals surface area contributed by atoms with Crippen molar-refractivity contribution in [3.8, 4) is 0 Å². The Morgan fingerprint density at radius 2 is 1.84 bits per heavy atom. The van der Waals surface area contributed by atoms with Crippen molar-refractivity contribution in [2.45, 2.75) is 38.4 Å². The summed E-state index contributed by atoms with van der Waals surface area (Å²) in [4.78, 5) is 14.0. The van der Waals surface area contributed by atoms with Crippen LogP contribution in [0.3, 0.4) is 0 Å². The van der Waals surface area contributed by atoms with Gasteiger partial charge in [0.1, 0.15) is 0 Å². The third-order valence-corrected chi connectivity index (χ3v) is 3.52. The molecule has 2 rings (SSSR count). The van der Waals surface area contributed by atoms with Gasteiger partial charge in [0.15, 0.2) is 0 Å². The summed E-state index contributed by atoms with van der Waals surface area (Å²) in [7, 11) is 0. The molecule has 1 atom stereocenters. The van der Waals surface area contributed by atoms with Gasteiger partial charge < -0.3 is 4.90 Å². The van der Waals surface area contributed by atoms with Crippen molar-refractivity contribution < 1.29 is 18.0 Å². The second-order valence-electron chi connectivity index (χ2n) is 4.92. The van der Waals surface area contributed by atoms with Crippen LogP contribution in [-0.2, 0) is 6.18 Å². The number of nitrogens with zero attached hydrogens (tertiary/aromatic N) is 1. The Balaban J connectivity index is 2.15. The van der Waals surface area contributed by atoms with E-state index < -0.39 is 11.7 Å². The summed E-state index contributed by atoms with van der Waals surface area (Å²) in [6, 6.07) is 4.59. The highest BCUT2D eigenvalue weighted by Crippen LogP contribution is 2.29. The molecule has 104 valence electrons. The molecule has 1 fully saturated rings. The molecule has 0 aliphatic carbocycles. The summed E-state index contributed by atoms with van der Waals surface area (Å²) >= 11 is 0. The first-order chi connectivity index (χ1) is 8.89. The largest absolute Gasteiger partial charge is 0.416 e. The number of amides is 1. The van der Waals surface area contributed by atoms with Gasteiger partial charge in [0.25, 0.3) is 5.91 Å². The molecule has 1 aliphatic heterocycles. The lowest BCUT2D eigenvalue weighted by atomic mass is 10.0. The van der Waals surface area contributed by atoms with E-state index >= 15 is 0 Å². The van der Waals surface area contributed by atoms with E-state index in [1.165, 1.54) is 12.1 Å². The fraction of sp³-hybridized carbons (Fsp3) is 0.500. The van der Waals surface area contributed by atoms with Gasteiger partial charge in [-0.15, -0.1) is 0 Å². The third kappa shape index (κ3) is 3.08. The van der Waals surface area contributed by atoms with Crippen LogP contribution in [0.5, 0.6) is 0 Å². The Morgan fingerprint density at radius 3 is 2.37 bits per heavy atom. The molecule has 0 saturated carbocycles. The predicted octanol–water partition coefficient (Wildman–Crippen LogP) is 3.72. The Kier molecular flexibility index (Phi) is 3.83. The average molecular weight is 271 g/mol. The summed E-state index contributed by atoms with van der Waals surface area (Å²) in [5.41, 5.74) is -0.405. The number of rotatable bonds is 1. The van der Waals surface area contributed by atoms with E-state index in [1.54, 1.807) is 4.90 Å². The smallest absolute Gasteiger partial charge is 0.336 e. The Hall–Kier alpha value is -1.52. The van der Waals surface area contributed by atoms with Gasteiger partial charge in [-0.2, -0.15) is 13.2 Å². The molecule has 1 aliphatic rings.